The Balaban J connectivity index is 1.59. The lowest BCUT2D eigenvalue weighted by Gasteiger charge is -2.43. The summed E-state index contributed by atoms with van der Waals surface area (Å²) in [6, 6.07) is 4.50. The van der Waals surface area contributed by atoms with Crippen molar-refractivity contribution < 1.29 is 32.7 Å². The number of allylic oxidation sites excluding steroid dienone is 9. The topological polar surface area (TPSA) is 86.7 Å². The summed E-state index contributed by atoms with van der Waals surface area (Å²) in [6.45, 7) is 0.0538. The maximum absolute atomic E-state index is 13.7. The molecule has 0 spiro atoms. The quantitative estimate of drug-likeness (QED) is 0.252. The van der Waals surface area contributed by atoms with Gasteiger partial charge in [-0.25, -0.2) is 0 Å². The Morgan fingerprint density at radius 2 is 1.83 bits per heavy atom. The van der Waals surface area contributed by atoms with Crippen molar-refractivity contribution in [1.82, 2.24) is 10.2 Å². The number of carbonyl (C=O) groups excluding carboxylic acids is 3. The first kappa shape index (κ1) is 30.8. The molecule has 41 heavy (non-hydrogen) atoms. The molecule has 1 fully saturated rings. The second-order valence-corrected chi connectivity index (χ2v) is 11.8. The number of Topliss-reactive ketones (excluding diaryl/α,β-unsaturated/α-hetero) is 1. The van der Waals surface area contributed by atoms with E-state index < -0.39 is 29.5 Å². The van der Waals surface area contributed by atoms with E-state index in [-0.39, 0.29) is 49.5 Å². The molecule has 2 N–H and O–H groups in total. The number of benzene rings is 1. The smallest absolute Gasteiger partial charge is 0.413 e. The summed E-state index contributed by atoms with van der Waals surface area (Å²) in [7, 11) is 1.69. The standard InChI is InChI=1S/C30H27Br2F3N2O4/c1-37-25(17-4-2-3-5-20(10-17)30(33,34)35)14-24(23-7-6-18(16-38)28(40)15-26(23)37)27(39)8-9-36-29(41)19-11-21(31)13-22(32)12-19/h2-5,7,11-13,15-16,24-25,38H,6,8-10,14H2,1H3,(H,36,41)/b18-16+. The average molecular weight is 696 g/mol. The summed E-state index contributed by atoms with van der Waals surface area (Å²) in [4.78, 5) is 40.8. The normalized spacial score (nSPS) is 22.1. The number of nitrogens with one attached hydrogen (secondary N) is 1. The van der Waals surface area contributed by atoms with E-state index in [0.717, 1.165) is 12.3 Å². The van der Waals surface area contributed by atoms with Crippen molar-refractivity contribution in [3.63, 3.8) is 0 Å². The molecule has 0 aromatic heterocycles. The number of piperidine rings is 1. The van der Waals surface area contributed by atoms with E-state index in [1.807, 2.05) is 0 Å². The van der Waals surface area contributed by atoms with E-state index >= 15 is 0 Å². The molecule has 1 amide bonds. The Labute approximate surface area is 252 Å². The van der Waals surface area contributed by atoms with Crippen molar-refractivity contribution in [1.29, 1.82) is 0 Å². The first-order chi connectivity index (χ1) is 19.4. The van der Waals surface area contributed by atoms with Crippen molar-refractivity contribution in [3.05, 3.63) is 103 Å². The largest absolute Gasteiger partial charge is 0.515 e. The van der Waals surface area contributed by atoms with Crippen LogP contribution in [0, 0.1) is 5.92 Å². The predicted molar refractivity (Wildman–Crippen MR) is 156 cm³/mol. The highest BCUT2D eigenvalue weighted by Crippen LogP contribution is 2.43. The summed E-state index contributed by atoms with van der Waals surface area (Å²) in [5, 5.41) is 12.3. The number of aliphatic hydroxyl groups excluding tert-OH is 1. The molecule has 2 unspecified atom stereocenters. The van der Waals surface area contributed by atoms with Gasteiger partial charge in [0.25, 0.3) is 5.91 Å². The number of likely N-dealkylation sites (tertiary alicyclic amines) is 1. The summed E-state index contributed by atoms with van der Waals surface area (Å²) in [5.74, 6) is -1.74. The van der Waals surface area contributed by atoms with Crippen LogP contribution in [-0.4, -0.2) is 53.3 Å². The average Bonchev–Trinajstić information content (AvgIpc) is 3.25. The van der Waals surface area contributed by atoms with E-state index in [4.69, 9.17) is 0 Å². The summed E-state index contributed by atoms with van der Waals surface area (Å²) >= 11 is 6.68. The van der Waals surface area contributed by atoms with Gasteiger partial charge in [0.1, 0.15) is 5.78 Å². The number of rotatable bonds is 6. The number of fused-ring (bicyclic) bond motifs is 1. The number of halogens is 5. The minimum atomic E-state index is -4.51. The Hall–Kier alpha value is -3.18. The van der Waals surface area contributed by atoms with Crippen LogP contribution >= 0.6 is 31.9 Å². The molecule has 1 aliphatic heterocycles. The third-order valence-corrected chi connectivity index (χ3v) is 8.25. The molecule has 1 aromatic rings. The minimum Gasteiger partial charge on any atom is -0.515 e. The van der Waals surface area contributed by atoms with Gasteiger partial charge in [0.2, 0.25) is 0 Å². The van der Waals surface area contributed by atoms with Crippen LogP contribution in [0.4, 0.5) is 13.2 Å². The maximum atomic E-state index is 13.7. The number of carbonyl (C=O) groups is 3. The number of nitrogens with zero attached hydrogens (tertiary/aromatic N) is 1. The van der Waals surface area contributed by atoms with Crippen molar-refractivity contribution in [2.24, 2.45) is 5.92 Å². The first-order valence-corrected chi connectivity index (χ1v) is 14.4. The van der Waals surface area contributed by atoms with Crippen LogP contribution in [-0.2, 0) is 9.59 Å². The van der Waals surface area contributed by atoms with E-state index in [1.165, 1.54) is 12.2 Å². The van der Waals surface area contributed by atoms with E-state index in [9.17, 15) is 32.7 Å². The zero-order valence-electron chi connectivity index (χ0n) is 22.0. The molecule has 1 saturated heterocycles. The molecule has 1 heterocycles. The van der Waals surface area contributed by atoms with Crippen LogP contribution in [0.3, 0.4) is 0 Å². The van der Waals surface area contributed by atoms with Crippen LogP contribution in [0.2, 0.25) is 0 Å². The van der Waals surface area contributed by atoms with Gasteiger partial charge in [-0.15, -0.1) is 0 Å². The highest BCUT2D eigenvalue weighted by atomic mass is 79.9. The Kier molecular flexibility index (Phi) is 9.59. The molecule has 0 saturated carbocycles. The number of hydrogen-bond donors (Lipinski definition) is 2. The van der Waals surface area contributed by atoms with Gasteiger partial charge in [-0.1, -0.05) is 62.2 Å². The van der Waals surface area contributed by atoms with Gasteiger partial charge in [-0.2, -0.15) is 13.2 Å². The van der Waals surface area contributed by atoms with Gasteiger partial charge in [-0.3, -0.25) is 14.4 Å². The van der Waals surface area contributed by atoms with Crippen molar-refractivity contribution in [2.45, 2.75) is 37.9 Å². The van der Waals surface area contributed by atoms with Crippen LogP contribution < -0.4 is 5.32 Å². The summed E-state index contributed by atoms with van der Waals surface area (Å²) in [5.41, 5.74) is 1.31. The fraction of sp³-hybridized carbons (Fsp3) is 0.300. The van der Waals surface area contributed by atoms with Gasteiger partial charge in [0.15, 0.2) is 5.78 Å². The van der Waals surface area contributed by atoms with Gasteiger partial charge >= 0.3 is 6.18 Å². The zero-order chi connectivity index (χ0) is 29.9. The highest BCUT2D eigenvalue weighted by molar-refractivity contribution is 9.11. The molecule has 216 valence electrons. The van der Waals surface area contributed by atoms with Gasteiger partial charge in [0.05, 0.1) is 12.3 Å². The second kappa shape index (κ2) is 12.8. The molecular formula is C30H27Br2F3N2O4. The lowest BCUT2D eigenvalue weighted by atomic mass is 9.77. The Morgan fingerprint density at radius 3 is 2.49 bits per heavy atom. The van der Waals surface area contributed by atoms with Crippen molar-refractivity contribution in [3.8, 4) is 0 Å². The van der Waals surface area contributed by atoms with Crippen LogP contribution in [0.15, 0.2) is 97.9 Å². The number of hydrogen-bond acceptors (Lipinski definition) is 5. The number of aliphatic hydroxyl groups is 1. The number of ketones is 2. The van der Waals surface area contributed by atoms with Crippen LogP contribution in [0.1, 0.15) is 36.0 Å². The monoisotopic (exact) mass is 694 g/mol. The SMILES string of the molecule is CN1C2=CC(=O)/C(=C/O)CC=C2C(C(=O)CCNC(=O)c2cc(Br)cc(Br)c2)CC1C1=CC=CC=C(C(F)(F)F)C1. The van der Waals surface area contributed by atoms with Crippen molar-refractivity contribution >= 4 is 49.3 Å². The molecule has 11 heteroatoms. The van der Waals surface area contributed by atoms with Crippen molar-refractivity contribution in [2.75, 3.05) is 13.6 Å². The second-order valence-electron chi connectivity index (χ2n) is 9.95. The summed E-state index contributed by atoms with van der Waals surface area (Å²) in [6.07, 6.45) is 4.74. The zero-order valence-corrected chi connectivity index (χ0v) is 25.1. The Morgan fingerprint density at radius 1 is 1.15 bits per heavy atom. The summed E-state index contributed by atoms with van der Waals surface area (Å²) < 4.78 is 42.4. The molecule has 6 nitrogen and oxygen atoms in total. The molecule has 0 radical (unpaired) electrons. The van der Waals surface area contributed by atoms with E-state index in [0.29, 0.717) is 31.4 Å². The van der Waals surface area contributed by atoms with Gasteiger partial charge in [0, 0.05) is 69.8 Å². The van der Waals surface area contributed by atoms with E-state index in [2.05, 4.69) is 37.2 Å². The Bertz CT molecular complexity index is 1430. The number of likely N-dealkylation sites (N-methyl/N-ethyl adjacent to an activating group) is 1. The van der Waals surface area contributed by atoms with Crippen LogP contribution in [0.5, 0.6) is 0 Å². The molecular weight excluding hydrogens is 669 g/mol. The van der Waals surface area contributed by atoms with E-state index in [1.54, 1.807) is 48.4 Å². The lowest BCUT2D eigenvalue weighted by molar-refractivity contribution is -0.122. The third-order valence-electron chi connectivity index (χ3n) is 7.34. The number of alkyl halides is 3. The fourth-order valence-corrected chi connectivity index (χ4v) is 6.52. The molecule has 1 aromatic carbocycles. The highest BCUT2D eigenvalue weighted by Gasteiger charge is 2.41. The third kappa shape index (κ3) is 7.19. The molecule has 4 rings (SSSR count). The number of amides is 1. The molecule has 0 bridgehead atoms. The fourth-order valence-electron chi connectivity index (χ4n) is 5.22. The molecule has 2 atom stereocenters. The van der Waals surface area contributed by atoms with Gasteiger partial charge < -0.3 is 15.3 Å². The molecule has 3 aliphatic rings. The lowest BCUT2D eigenvalue weighted by Crippen LogP contribution is -2.44. The maximum Gasteiger partial charge on any atom is 0.413 e. The minimum absolute atomic E-state index is 0.0179. The first-order valence-electron chi connectivity index (χ1n) is 12.8. The van der Waals surface area contributed by atoms with Crippen LogP contribution in [0.25, 0.3) is 0 Å². The van der Waals surface area contributed by atoms with Gasteiger partial charge in [-0.05, 0) is 42.2 Å². The predicted octanol–water partition coefficient (Wildman–Crippen LogP) is 6.82. The molecule has 2 aliphatic carbocycles.